The number of rotatable bonds is 6. The number of carbonyl (C=O) groups is 1. The first kappa shape index (κ1) is 17.9. The highest BCUT2D eigenvalue weighted by Gasteiger charge is 2.35. The topological polar surface area (TPSA) is 81.5 Å². The van der Waals surface area contributed by atoms with Gasteiger partial charge in [0.15, 0.2) is 9.84 Å². The maximum atomic E-state index is 12.5. The van der Waals surface area contributed by atoms with Crippen molar-refractivity contribution < 1.29 is 17.9 Å². The minimum absolute atomic E-state index is 0.000482. The molecule has 2 heterocycles. The third-order valence-electron chi connectivity index (χ3n) is 4.18. The van der Waals surface area contributed by atoms with Crippen molar-refractivity contribution in [2.75, 3.05) is 24.7 Å². The Labute approximate surface area is 137 Å². The SMILES string of the molecule is CCC(C)OCC(=O)N1CCS(=O)(=O)CC1c1cnn(CC)c1. The summed E-state index contributed by atoms with van der Waals surface area (Å²) in [6.45, 7) is 6.74. The van der Waals surface area contributed by atoms with Gasteiger partial charge in [-0.3, -0.25) is 9.48 Å². The quantitative estimate of drug-likeness (QED) is 0.770. The Balaban J connectivity index is 2.16. The smallest absolute Gasteiger partial charge is 0.249 e. The Morgan fingerprint density at radius 1 is 1.48 bits per heavy atom. The molecular weight excluding hydrogens is 318 g/mol. The van der Waals surface area contributed by atoms with E-state index >= 15 is 0 Å². The minimum Gasteiger partial charge on any atom is -0.369 e. The summed E-state index contributed by atoms with van der Waals surface area (Å²) in [5, 5.41) is 4.19. The highest BCUT2D eigenvalue weighted by atomic mass is 32.2. The maximum absolute atomic E-state index is 12.5. The van der Waals surface area contributed by atoms with Gasteiger partial charge in [-0.15, -0.1) is 0 Å². The molecule has 1 fully saturated rings. The van der Waals surface area contributed by atoms with E-state index in [1.807, 2.05) is 20.8 Å². The number of aromatic nitrogens is 2. The second-order valence-corrected chi connectivity index (χ2v) is 8.11. The Morgan fingerprint density at radius 3 is 2.83 bits per heavy atom. The molecular formula is C15H25N3O4S. The molecule has 0 saturated carbocycles. The Bertz CT molecular complexity index is 641. The molecule has 1 saturated heterocycles. The van der Waals surface area contributed by atoms with Gasteiger partial charge in [-0.25, -0.2) is 8.42 Å². The van der Waals surface area contributed by atoms with E-state index in [0.717, 1.165) is 12.0 Å². The van der Waals surface area contributed by atoms with Crippen LogP contribution in [0.15, 0.2) is 12.4 Å². The highest BCUT2D eigenvalue weighted by molar-refractivity contribution is 7.91. The van der Waals surface area contributed by atoms with Crippen LogP contribution < -0.4 is 0 Å². The van der Waals surface area contributed by atoms with E-state index in [1.54, 1.807) is 22.0 Å². The molecule has 23 heavy (non-hydrogen) atoms. The van der Waals surface area contributed by atoms with Crippen LogP contribution in [-0.2, 0) is 25.9 Å². The summed E-state index contributed by atoms with van der Waals surface area (Å²) in [5.74, 6) is -0.229. The molecule has 1 aromatic heterocycles. The van der Waals surface area contributed by atoms with Gasteiger partial charge in [-0.2, -0.15) is 5.10 Å². The van der Waals surface area contributed by atoms with E-state index in [-0.39, 0.29) is 36.7 Å². The zero-order valence-electron chi connectivity index (χ0n) is 13.9. The number of nitrogens with zero attached hydrogens (tertiary/aromatic N) is 3. The maximum Gasteiger partial charge on any atom is 0.249 e. The average Bonchev–Trinajstić information content (AvgIpc) is 3.00. The highest BCUT2D eigenvalue weighted by Crippen LogP contribution is 2.26. The molecule has 1 aromatic rings. The van der Waals surface area contributed by atoms with Gasteiger partial charge in [0.1, 0.15) is 6.61 Å². The summed E-state index contributed by atoms with van der Waals surface area (Å²) in [6.07, 6.45) is 4.29. The van der Waals surface area contributed by atoms with Gasteiger partial charge in [0.05, 0.1) is 29.8 Å². The third kappa shape index (κ3) is 4.54. The summed E-state index contributed by atoms with van der Waals surface area (Å²) in [4.78, 5) is 14.1. The molecule has 2 rings (SSSR count). The van der Waals surface area contributed by atoms with E-state index in [2.05, 4.69) is 5.10 Å². The minimum atomic E-state index is -3.15. The molecule has 1 aliphatic heterocycles. The van der Waals surface area contributed by atoms with Crippen LogP contribution in [-0.4, -0.2) is 59.8 Å². The van der Waals surface area contributed by atoms with Crippen molar-refractivity contribution >= 4 is 15.7 Å². The number of ether oxygens (including phenoxy) is 1. The van der Waals surface area contributed by atoms with Gasteiger partial charge >= 0.3 is 0 Å². The first-order chi connectivity index (χ1) is 10.9. The monoisotopic (exact) mass is 343 g/mol. The average molecular weight is 343 g/mol. The van der Waals surface area contributed by atoms with Crippen LogP contribution in [0.1, 0.15) is 38.8 Å². The lowest BCUT2D eigenvalue weighted by atomic mass is 10.1. The van der Waals surface area contributed by atoms with E-state index in [4.69, 9.17) is 4.74 Å². The van der Waals surface area contributed by atoms with Crippen molar-refractivity contribution in [2.45, 2.75) is 45.9 Å². The van der Waals surface area contributed by atoms with Gasteiger partial charge in [-0.1, -0.05) is 6.92 Å². The first-order valence-electron chi connectivity index (χ1n) is 8.00. The Hall–Kier alpha value is -1.41. The summed E-state index contributed by atoms with van der Waals surface area (Å²) >= 11 is 0. The van der Waals surface area contributed by atoms with Gasteiger partial charge in [-0.05, 0) is 20.3 Å². The van der Waals surface area contributed by atoms with Gasteiger partial charge < -0.3 is 9.64 Å². The molecule has 7 nitrogen and oxygen atoms in total. The summed E-state index contributed by atoms with van der Waals surface area (Å²) < 4.78 is 31.2. The predicted molar refractivity (Wildman–Crippen MR) is 86.7 cm³/mol. The third-order valence-corrected chi connectivity index (χ3v) is 5.81. The van der Waals surface area contributed by atoms with Crippen LogP contribution in [0.2, 0.25) is 0 Å². The van der Waals surface area contributed by atoms with Gasteiger partial charge in [0.25, 0.3) is 0 Å². The number of amides is 1. The number of hydrogen-bond donors (Lipinski definition) is 0. The Morgan fingerprint density at radius 2 is 2.22 bits per heavy atom. The van der Waals surface area contributed by atoms with E-state index in [1.165, 1.54) is 0 Å². The van der Waals surface area contributed by atoms with Gasteiger partial charge in [0.2, 0.25) is 5.91 Å². The molecule has 1 amide bonds. The molecule has 0 spiro atoms. The van der Waals surface area contributed by atoms with E-state index < -0.39 is 15.9 Å². The van der Waals surface area contributed by atoms with Crippen molar-refractivity contribution in [3.8, 4) is 0 Å². The molecule has 8 heteroatoms. The molecule has 0 N–H and O–H groups in total. The van der Waals surface area contributed by atoms with Crippen LogP contribution >= 0.6 is 0 Å². The van der Waals surface area contributed by atoms with Crippen molar-refractivity contribution in [3.05, 3.63) is 18.0 Å². The fourth-order valence-electron chi connectivity index (χ4n) is 2.52. The van der Waals surface area contributed by atoms with Crippen LogP contribution in [0.25, 0.3) is 0 Å². The molecule has 0 aromatic carbocycles. The lowest BCUT2D eigenvalue weighted by Gasteiger charge is -2.35. The van der Waals surface area contributed by atoms with Crippen molar-refractivity contribution in [2.24, 2.45) is 0 Å². The van der Waals surface area contributed by atoms with Crippen LogP contribution in [0.3, 0.4) is 0 Å². The molecule has 0 bridgehead atoms. The van der Waals surface area contributed by atoms with Crippen LogP contribution in [0.4, 0.5) is 0 Å². The summed E-state index contributed by atoms with van der Waals surface area (Å²) in [5.41, 5.74) is 0.756. The molecule has 0 radical (unpaired) electrons. The normalized spacial score (nSPS) is 22.0. The number of carbonyl (C=O) groups excluding carboxylic acids is 1. The zero-order chi connectivity index (χ0) is 17.0. The lowest BCUT2D eigenvalue weighted by Crippen LogP contribution is -2.47. The van der Waals surface area contributed by atoms with Crippen molar-refractivity contribution in [1.82, 2.24) is 14.7 Å². The first-order valence-corrected chi connectivity index (χ1v) is 9.82. The molecule has 2 atom stereocenters. The second-order valence-electron chi connectivity index (χ2n) is 5.88. The number of hydrogen-bond acceptors (Lipinski definition) is 5. The van der Waals surface area contributed by atoms with Crippen LogP contribution in [0.5, 0.6) is 0 Å². The number of sulfone groups is 1. The van der Waals surface area contributed by atoms with E-state index in [0.29, 0.717) is 6.54 Å². The van der Waals surface area contributed by atoms with Crippen molar-refractivity contribution in [3.63, 3.8) is 0 Å². The predicted octanol–water partition coefficient (Wildman–Crippen LogP) is 1.02. The second kappa shape index (κ2) is 7.44. The van der Waals surface area contributed by atoms with E-state index in [9.17, 15) is 13.2 Å². The zero-order valence-corrected chi connectivity index (χ0v) is 14.8. The lowest BCUT2D eigenvalue weighted by molar-refractivity contribution is -0.140. The molecule has 1 aliphatic rings. The largest absolute Gasteiger partial charge is 0.369 e. The van der Waals surface area contributed by atoms with Crippen molar-refractivity contribution in [1.29, 1.82) is 0 Å². The molecule has 0 aliphatic carbocycles. The fourth-order valence-corrected chi connectivity index (χ4v) is 4.02. The summed E-state index contributed by atoms with van der Waals surface area (Å²) in [6, 6.07) is -0.484. The van der Waals surface area contributed by atoms with Crippen LogP contribution in [0, 0.1) is 0 Å². The molecule has 2 unspecified atom stereocenters. The number of aryl methyl sites for hydroxylation is 1. The standard InChI is InChI=1S/C15H25N3O4S/c1-4-12(3)22-10-15(19)18-6-7-23(20,21)11-14(18)13-8-16-17(5-2)9-13/h8-9,12,14H,4-7,10-11H2,1-3H3. The van der Waals surface area contributed by atoms with Gasteiger partial charge in [0, 0.05) is 24.8 Å². The fraction of sp³-hybridized carbons (Fsp3) is 0.733. The summed E-state index contributed by atoms with van der Waals surface area (Å²) in [7, 11) is -3.15. The molecule has 130 valence electrons. The Kier molecular flexibility index (Phi) is 5.80.